The van der Waals surface area contributed by atoms with Gasteiger partial charge in [0.25, 0.3) is 5.91 Å². The Kier molecular flexibility index (Phi) is 3.71. The van der Waals surface area contributed by atoms with E-state index in [0.29, 0.717) is 16.9 Å². The summed E-state index contributed by atoms with van der Waals surface area (Å²) in [6.45, 7) is 0. The average molecular weight is 287 g/mol. The zero-order chi connectivity index (χ0) is 15.4. The first kappa shape index (κ1) is 13.7. The van der Waals surface area contributed by atoms with Crippen molar-refractivity contribution in [3.05, 3.63) is 78.1 Å². The normalized spacial score (nSPS) is 9.95. The van der Waals surface area contributed by atoms with Crippen LogP contribution in [0.1, 0.15) is 16.1 Å². The molecule has 0 radical (unpaired) electrons. The fourth-order valence-corrected chi connectivity index (χ4v) is 2.24. The van der Waals surface area contributed by atoms with Gasteiger partial charge >= 0.3 is 0 Å². The number of aromatic nitrogens is 1. The minimum Gasteiger partial charge on any atom is -0.357 e. The summed E-state index contributed by atoms with van der Waals surface area (Å²) in [5.74, 6) is -0.214. The summed E-state index contributed by atoms with van der Waals surface area (Å²) in [7, 11) is 0. The third-order valence-electron chi connectivity index (χ3n) is 3.33. The van der Waals surface area contributed by atoms with Crippen molar-refractivity contribution in [2.24, 2.45) is 0 Å². The molecule has 0 aliphatic carbocycles. The van der Waals surface area contributed by atoms with Gasteiger partial charge in [-0.15, -0.1) is 0 Å². The zero-order valence-electron chi connectivity index (χ0n) is 11.7. The minimum atomic E-state index is -0.214. The van der Waals surface area contributed by atoms with Crippen LogP contribution in [0, 0.1) is 11.3 Å². The van der Waals surface area contributed by atoms with Gasteiger partial charge in [-0.25, -0.2) is 0 Å². The second-order valence-electron chi connectivity index (χ2n) is 4.78. The van der Waals surface area contributed by atoms with Crippen LogP contribution in [-0.4, -0.2) is 10.9 Å². The van der Waals surface area contributed by atoms with Gasteiger partial charge in [-0.3, -0.25) is 4.79 Å². The van der Waals surface area contributed by atoms with E-state index in [0.717, 1.165) is 11.1 Å². The van der Waals surface area contributed by atoms with E-state index in [9.17, 15) is 4.79 Å². The number of hydrogen-bond donors (Lipinski definition) is 2. The van der Waals surface area contributed by atoms with Crippen molar-refractivity contribution in [2.45, 2.75) is 0 Å². The summed E-state index contributed by atoms with van der Waals surface area (Å²) >= 11 is 0. The second-order valence-corrected chi connectivity index (χ2v) is 4.78. The molecule has 3 rings (SSSR count). The molecule has 1 heterocycles. The molecule has 2 aromatic carbocycles. The van der Waals surface area contributed by atoms with E-state index in [1.54, 1.807) is 30.5 Å². The van der Waals surface area contributed by atoms with Gasteiger partial charge in [0.05, 0.1) is 11.6 Å². The summed E-state index contributed by atoms with van der Waals surface area (Å²) in [5.41, 5.74) is 3.55. The summed E-state index contributed by atoms with van der Waals surface area (Å²) in [6, 6.07) is 20.4. The van der Waals surface area contributed by atoms with Crippen LogP contribution in [-0.2, 0) is 0 Å². The Morgan fingerprint density at radius 3 is 2.41 bits per heavy atom. The number of benzene rings is 2. The van der Waals surface area contributed by atoms with E-state index in [1.807, 2.05) is 42.5 Å². The lowest BCUT2D eigenvalue weighted by Gasteiger charge is -2.06. The molecule has 106 valence electrons. The molecule has 0 atom stereocenters. The summed E-state index contributed by atoms with van der Waals surface area (Å²) < 4.78 is 0. The topological polar surface area (TPSA) is 68.7 Å². The molecule has 2 N–H and O–H groups in total. The van der Waals surface area contributed by atoms with Crippen molar-refractivity contribution in [1.82, 2.24) is 4.98 Å². The fraction of sp³-hybridized carbons (Fsp3) is 0. The average Bonchev–Trinajstić information content (AvgIpc) is 3.06. The molecule has 22 heavy (non-hydrogen) atoms. The number of rotatable bonds is 3. The van der Waals surface area contributed by atoms with E-state index in [2.05, 4.69) is 10.3 Å². The lowest BCUT2D eigenvalue weighted by molar-refractivity contribution is 0.102. The molecular formula is C18H13N3O. The molecule has 0 unspecified atom stereocenters. The maximum atomic E-state index is 12.4. The smallest absolute Gasteiger partial charge is 0.272 e. The van der Waals surface area contributed by atoms with Crippen LogP contribution in [0.25, 0.3) is 11.1 Å². The number of hydrogen-bond acceptors (Lipinski definition) is 2. The van der Waals surface area contributed by atoms with Crippen LogP contribution in [0.5, 0.6) is 0 Å². The maximum absolute atomic E-state index is 12.4. The number of anilines is 1. The molecule has 0 aliphatic rings. The molecule has 3 aromatic rings. The Hall–Kier alpha value is -3.32. The van der Waals surface area contributed by atoms with Gasteiger partial charge in [0.1, 0.15) is 5.69 Å². The minimum absolute atomic E-state index is 0.214. The van der Waals surface area contributed by atoms with Crippen LogP contribution in [0.3, 0.4) is 0 Å². The highest BCUT2D eigenvalue weighted by atomic mass is 16.1. The SMILES string of the molecule is N#Cc1ccc(NC(=O)c2[nH]ccc2-c2ccccc2)cc1. The lowest BCUT2D eigenvalue weighted by atomic mass is 10.1. The Morgan fingerprint density at radius 1 is 1.00 bits per heavy atom. The van der Waals surface area contributed by atoms with E-state index < -0.39 is 0 Å². The zero-order valence-corrected chi connectivity index (χ0v) is 11.7. The number of carbonyl (C=O) groups is 1. The molecule has 0 saturated carbocycles. The summed E-state index contributed by atoms with van der Waals surface area (Å²) in [5, 5.41) is 11.6. The molecule has 4 heteroatoms. The summed E-state index contributed by atoms with van der Waals surface area (Å²) in [6.07, 6.45) is 1.75. The van der Waals surface area contributed by atoms with Crippen LogP contribution < -0.4 is 5.32 Å². The third-order valence-corrected chi connectivity index (χ3v) is 3.33. The van der Waals surface area contributed by atoms with Crippen LogP contribution in [0.2, 0.25) is 0 Å². The number of carbonyl (C=O) groups excluding carboxylic acids is 1. The largest absolute Gasteiger partial charge is 0.357 e. The van der Waals surface area contributed by atoms with E-state index in [4.69, 9.17) is 5.26 Å². The molecule has 0 fully saturated rings. The number of amides is 1. The van der Waals surface area contributed by atoms with Crippen molar-refractivity contribution >= 4 is 11.6 Å². The first-order valence-corrected chi connectivity index (χ1v) is 6.82. The number of aromatic amines is 1. The Balaban J connectivity index is 1.84. The summed E-state index contributed by atoms with van der Waals surface area (Å²) in [4.78, 5) is 15.4. The van der Waals surface area contributed by atoms with Gasteiger partial charge in [0, 0.05) is 17.4 Å². The number of H-pyrrole nitrogens is 1. The predicted molar refractivity (Wildman–Crippen MR) is 85.3 cm³/mol. The predicted octanol–water partition coefficient (Wildman–Crippen LogP) is 3.81. The van der Waals surface area contributed by atoms with Gasteiger partial charge in [0.2, 0.25) is 0 Å². The monoisotopic (exact) mass is 287 g/mol. The van der Waals surface area contributed by atoms with Crippen LogP contribution in [0.15, 0.2) is 66.9 Å². The highest BCUT2D eigenvalue weighted by Gasteiger charge is 2.14. The quantitative estimate of drug-likeness (QED) is 0.769. The Morgan fingerprint density at radius 2 is 1.73 bits per heavy atom. The Bertz CT molecular complexity index is 827. The van der Waals surface area contributed by atoms with Crippen LogP contribution in [0.4, 0.5) is 5.69 Å². The van der Waals surface area contributed by atoms with Crippen molar-refractivity contribution in [3.63, 3.8) is 0 Å². The number of nitrogens with one attached hydrogen (secondary N) is 2. The molecule has 4 nitrogen and oxygen atoms in total. The van der Waals surface area contributed by atoms with E-state index in [-0.39, 0.29) is 5.91 Å². The van der Waals surface area contributed by atoms with Crippen molar-refractivity contribution < 1.29 is 4.79 Å². The second kappa shape index (κ2) is 5.98. The first-order chi connectivity index (χ1) is 10.8. The van der Waals surface area contributed by atoms with Crippen LogP contribution >= 0.6 is 0 Å². The highest BCUT2D eigenvalue weighted by Crippen LogP contribution is 2.23. The Labute approximate surface area is 128 Å². The van der Waals surface area contributed by atoms with Gasteiger partial charge in [-0.1, -0.05) is 30.3 Å². The molecule has 1 amide bonds. The highest BCUT2D eigenvalue weighted by molar-refractivity contribution is 6.07. The molecule has 0 aliphatic heterocycles. The molecular weight excluding hydrogens is 274 g/mol. The molecule has 1 aromatic heterocycles. The maximum Gasteiger partial charge on any atom is 0.272 e. The van der Waals surface area contributed by atoms with Crippen molar-refractivity contribution in [3.8, 4) is 17.2 Å². The van der Waals surface area contributed by atoms with E-state index in [1.165, 1.54) is 0 Å². The van der Waals surface area contributed by atoms with Gasteiger partial charge < -0.3 is 10.3 Å². The fourth-order valence-electron chi connectivity index (χ4n) is 2.24. The standard InChI is InChI=1S/C18H13N3O/c19-12-13-6-8-15(9-7-13)21-18(22)17-16(10-11-20-17)14-4-2-1-3-5-14/h1-11,20H,(H,21,22). The molecule has 0 bridgehead atoms. The van der Waals surface area contributed by atoms with Gasteiger partial charge in [-0.2, -0.15) is 5.26 Å². The van der Waals surface area contributed by atoms with Gasteiger partial charge in [0.15, 0.2) is 0 Å². The first-order valence-electron chi connectivity index (χ1n) is 6.82. The van der Waals surface area contributed by atoms with Gasteiger partial charge in [-0.05, 0) is 35.9 Å². The van der Waals surface area contributed by atoms with Crippen molar-refractivity contribution in [1.29, 1.82) is 5.26 Å². The molecule has 0 spiro atoms. The lowest BCUT2D eigenvalue weighted by Crippen LogP contribution is -2.13. The number of nitrogens with zero attached hydrogens (tertiary/aromatic N) is 1. The number of nitriles is 1. The molecule has 0 saturated heterocycles. The van der Waals surface area contributed by atoms with E-state index >= 15 is 0 Å². The third kappa shape index (κ3) is 2.74. The van der Waals surface area contributed by atoms with Crippen molar-refractivity contribution in [2.75, 3.05) is 5.32 Å².